The van der Waals surface area contributed by atoms with Crippen LogP contribution in [0.3, 0.4) is 0 Å². The molecule has 0 aliphatic carbocycles. The summed E-state index contributed by atoms with van der Waals surface area (Å²) in [5.74, 6) is 0.204. The van der Waals surface area contributed by atoms with Gasteiger partial charge in [-0.05, 0) is 6.42 Å². The van der Waals surface area contributed by atoms with Gasteiger partial charge >= 0.3 is 0 Å². The molecule has 1 amide bonds. The minimum atomic E-state index is 0. The van der Waals surface area contributed by atoms with Gasteiger partial charge in [0, 0.05) is 35.3 Å². The predicted octanol–water partition coefficient (Wildman–Crippen LogP) is -0.106. The molecule has 1 N–H and O–H groups in total. The number of rotatable bonds is 0. The van der Waals surface area contributed by atoms with Crippen LogP contribution in [0.5, 0.6) is 0 Å². The zero-order chi connectivity index (χ0) is 4.41. The number of amides is 1. The zero-order valence-corrected chi connectivity index (χ0v) is 6.00. The van der Waals surface area contributed by atoms with Crippen molar-refractivity contribution < 1.29 is 27.2 Å². The van der Waals surface area contributed by atoms with E-state index in [0.717, 1.165) is 19.4 Å². The van der Waals surface area contributed by atoms with Gasteiger partial charge in [0.1, 0.15) is 0 Å². The van der Waals surface area contributed by atoms with Crippen molar-refractivity contribution in [1.82, 2.24) is 5.32 Å². The van der Waals surface area contributed by atoms with Crippen molar-refractivity contribution >= 4 is 5.91 Å². The first-order chi connectivity index (χ1) is 2.89. The van der Waals surface area contributed by atoms with Gasteiger partial charge in [-0.25, -0.2) is 0 Å². The molecule has 0 aromatic carbocycles. The Morgan fingerprint density at radius 2 is 2.29 bits per heavy atom. The maximum atomic E-state index is 10.1. The predicted molar refractivity (Wildman–Crippen MR) is 22.2 cm³/mol. The van der Waals surface area contributed by atoms with Gasteiger partial charge < -0.3 is 5.32 Å². The molecule has 1 saturated heterocycles. The van der Waals surface area contributed by atoms with Crippen molar-refractivity contribution in [3.05, 3.63) is 0 Å². The Bertz CT molecular complexity index is 66.1. The fourth-order valence-electron chi connectivity index (χ4n) is 0.565. The molecule has 0 bridgehead atoms. The Kier molecular flexibility index (Phi) is 3.34. The van der Waals surface area contributed by atoms with E-state index in [1.165, 1.54) is 0 Å². The second-order valence-electron chi connectivity index (χ2n) is 1.45. The van der Waals surface area contributed by atoms with E-state index in [-0.39, 0.29) is 28.3 Å². The van der Waals surface area contributed by atoms with Gasteiger partial charge in [-0.3, -0.25) is 4.79 Å². The van der Waals surface area contributed by atoms with Crippen molar-refractivity contribution in [2.45, 2.75) is 12.8 Å². The first-order valence-corrected chi connectivity index (χ1v) is 2.16. The quantitative estimate of drug-likeness (QED) is 0.617. The number of nitrogens with one attached hydrogen (secondary N) is 1. The van der Waals surface area contributed by atoms with Crippen LogP contribution in [0.1, 0.15) is 12.8 Å². The van der Waals surface area contributed by atoms with Crippen LogP contribution in [0.2, 0.25) is 0 Å². The van der Waals surface area contributed by atoms with Crippen LogP contribution in [0.25, 0.3) is 0 Å². The van der Waals surface area contributed by atoms with E-state index in [0.29, 0.717) is 0 Å². The van der Waals surface area contributed by atoms with Crippen LogP contribution >= 0.6 is 0 Å². The third-order valence-corrected chi connectivity index (χ3v) is 0.903. The van der Waals surface area contributed by atoms with Gasteiger partial charge in [-0.2, -0.15) is 0 Å². The van der Waals surface area contributed by atoms with Gasteiger partial charge in [0.2, 0.25) is 5.91 Å². The molecule has 1 rings (SSSR count). The molecule has 1 aliphatic rings. The smallest absolute Gasteiger partial charge is 0.220 e. The van der Waals surface area contributed by atoms with Crippen LogP contribution in [-0.4, -0.2) is 12.5 Å². The van der Waals surface area contributed by atoms with E-state index in [9.17, 15) is 4.79 Å². The summed E-state index contributed by atoms with van der Waals surface area (Å²) < 4.78 is 0. The fraction of sp³-hybridized carbons (Fsp3) is 0.750. The molecule has 1 fully saturated rings. The molecule has 3 heteroatoms. The van der Waals surface area contributed by atoms with Crippen LogP contribution in [0.15, 0.2) is 0 Å². The maximum absolute atomic E-state index is 10.1. The van der Waals surface area contributed by atoms with E-state index in [4.69, 9.17) is 0 Å². The van der Waals surface area contributed by atoms with E-state index in [1.54, 1.807) is 0 Å². The fourth-order valence-corrected chi connectivity index (χ4v) is 0.565. The monoisotopic (exact) mass is 282 g/mol. The van der Waals surface area contributed by atoms with Crippen molar-refractivity contribution in [3.8, 4) is 0 Å². The summed E-state index contributed by atoms with van der Waals surface area (Å²) in [5, 5.41) is 2.68. The largest absolute Gasteiger partial charge is 0.356 e. The van der Waals surface area contributed by atoms with Gasteiger partial charge in [-0.15, -0.1) is 0 Å². The second-order valence-corrected chi connectivity index (χ2v) is 1.45. The van der Waals surface area contributed by atoms with Crippen LogP contribution in [0.4, 0.5) is 0 Å². The molecular formula is C4H7AuNO. The second kappa shape index (κ2) is 3.24. The molecule has 0 aromatic heterocycles. The Hall–Kier alpha value is 0.210. The normalized spacial score (nSPS) is 18.0. The summed E-state index contributed by atoms with van der Waals surface area (Å²) in [6, 6.07) is 0. The van der Waals surface area contributed by atoms with Gasteiger partial charge in [0.25, 0.3) is 0 Å². The van der Waals surface area contributed by atoms with Crippen LogP contribution in [0, 0.1) is 0 Å². The summed E-state index contributed by atoms with van der Waals surface area (Å²) in [7, 11) is 0. The standard InChI is InChI=1S/C4H7NO.Au/c6-4-2-1-3-5-4;/h1-3H2,(H,5,6);. The van der Waals surface area contributed by atoms with E-state index in [2.05, 4.69) is 5.32 Å². The summed E-state index contributed by atoms with van der Waals surface area (Å²) in [6.07, 6.45) is 1.76. The van der Waals surface area contributed by atoms with Gasteiger partial charge in [0.15, 0.2) is 0 Å². The maximum Gasteiger partial charge on any atom is 0.220 e. The van der Waals surface area contributed by atoms with Crippen molar-refractivity contribution in [2.24, 2.45) is 0 Å². The van der Waals surface area contributed by atoms with Gasteiger partial charge in [0.05, 0.1) is 0 Å². The number of carbonyl (C=O) groups excluding carboxylic acids is 1. The zero-order valence-electron chi connectivity index (χ0n) is 3.83. The van der Waals surface area contributed by atoms with Crippen molar-refractivity contribution in [1.29, 1.82) is 0 Å². The number of hydrogen-bond acceptors (Lipinski definition) is 1. The molecule has 0 saturated carbocycles. The Balaban J connectivity index is 0.000000360. The Morgan fingerprint density at radius 1 is 1.57 bits per heavy atom. The van der Waals surface area contributed by atoms with Crippen LogP contribution < -0.4 is 5.32 Å². The summed E-state index contributed by atoms with van der Waals surface area (Å²) in [5.41, 5.74) is 0. The number of hydrogen-bond donors (Lipinski definition) is 1. The SMILES string of the molecule is O=C1CCCN1.[Au]. The molecule has 0 atom stereocenters. The minimum Gasteiger partial charge on any atom is -0.356 e. The average Bonchev–Trinajstić information content (AvgIpc) is 1.86. The molecule has 0 spiro atoms. The topological polar surface area (TPSA) is 29.1 Å². The first-order valence-electron chi connectivity index (χ1n) is 2.16. The third-order valence-electron chi connectivity index (χ3n) is 0.903. The molecular weight excluding hydrogens is 275 g/mol. The van der Waals surface area contributed by atoms with Gasteiger partial charge in [-0.1, -0.05) is 0 Å². The average molecular weight is 282 g/mol. The Labute approximate surface area is 58.2 Å². The van der Waals surface area contributed by atoms with Crippen molar-refractivity contribution in [2.75, 3.05) is 6.54 Å². The van der Waals surface area contributed by atoms with Crippen molar-refractivity contribution in [3.63, 3.8) is 0 Å². The summed E-state index contributed by atoms with van der Waals surface area (Å²) in [6.45, 7) is 0.888. The molecule has 1 radical (unpaired) electrons. The molecule has 7 heavy (non-hydrogen) atoms. The molecule has 1 heterocycles. The van der Waals surface area contributed by atoms with E-state index < -0.39 is 0 Å². The van der Waals surface area contributed by atoms with E-state index >= 15 is 0 Å². The molecule has 1 aliphatic heterocycles. The summed E-state index contributed by atoms with van der Waals surface area (Å²) >= 11 is 0. The molecule has 45 valence electrons. The molecule has 0 aromatic rings. The first kappa shape index (κ1) is 7.21. The van der Waals surface area contributed by atoms with Crippen LogP contribution in [-0.2, 0) is 27.2 Å². The Morgan fingerprint density at radius 3 is 2.43 bits per heavy atom. The third kappa shape index (κ3) is 2.12. The molecule has 0 unspecified atom stereocenters. The van der Waals surface area contributed by atoms with E-state index in [1.807, 2.05) is 0 Å². The minimum absolute atomic E-state index is 0. The number of carbonyl (C=O) groups is 1. The summed E-state index contributed by atoms with van der Waals surface area (Å²) in [4.78, 5) is 10.1. The molecule has 2 nitrogen and oxygen atoms in total.